The molecule has 1 heterocycles. The largest absolute Gasteiger partial charge is 0.339 e. The third-order valence-electron chi connectivity index (χ3n) is 3.46. The van der Waals surface area contributed by atoms with Crippen LogP contribution in [0.15, 0.2) is 47.8 Å². The van der Waals surface area contributed by atoms with E-state index in [1.807, 2.05) is 36.4 Å². The minimum absolute atomic E-state index is 0.631. The highest BCUT2D eigenvalue weighted by atomic mass is 35.5. The maximum atomic E-state index is 6.35. The summed E-state index contributed by atoms with van der Waals surface area (Å²) in [6.07, 6.45) is 0. The van der Waals surface area contributed by atoms with Gasteiger partial charge in [-0.05, 0) is 37.3 Å². The summed E-state index contributed by atoms with van der Waals surface area (Å²) in [5.41, 5.74) is 2.89. The molecular formula is C17H14Cl3N2S+. The molecule has 6 heteroatoms. The van der Waals surface area contributed by atoms with Crippen LogP contribution in [0.3, 0.4) is 0 Å². The van der Waals surface area contributed by atoms with Gasteiger partial charge in [0.2, 0.25) is 0 Å². The van der Waals surface area contributed by atoms with Gasteiger partial charge >= 0.3 is 5.13 Å². The SMILES string of the molecule is CC[n+]1c(-c2ccc(Cl)cc2Cl)csc1Nc1ccccc1Cl. The van der Waals surface area contributed by atoms with Crippen molar-refractivity contribution < 1.29 is 4.57 Å². The van der Waals surface area contributed by atoms with Crippen molar-refractivity contribution >= 4 is 57.0 Å². The number of nitrogens with one attached hydrogen (secondary N) is 1. The van der Waals surface area contributed by atoms with Crippen molar-refractivity contribution in [2.45, 2.75) is 13.5 Å². The van der Waals surface area contributed by atoms with Gasteiger partial charge in [-0.2, -0.15) is 0 Å². The first-order valence-electron chi connectivity index (χ1n) is 7.08. The van der Waals surface area contributed by atoms with Crippen molar-refractivity contribution in [3.63, 3.8) is 0 Å². The summed E-state index contributed by atoms with van der Waals surface area (Å²) in [6.45, 7) is 2.91. The molecule has 0 unspecified atom stereocenters. The number of para-hydroxylation sites is 1. The second kappa shape index (κ2) is 7.10. The normalized spacial score (nSPS) is 10.8. The van der Waals surface area contributed by atoms with Gasteiger partial charge in [0.25, 0.3) is 0 Å². The fourth-order valence-corrected chi connectivity index (χ4v) is 4.03. The summed E-state index contributed by atoms with van der Waals surface area (Å²) in [4.78, 5) is 0. The zero-order valence-corrected chi connectivity index (χ0v) is 15.4. The summed E-state index contributed by atoms with van der Waals surface area (Å²) in [7, 11) is 0. The lowest BCUT2D eigenvalue weighted by Crippen LogP contribution is -2.35. The van der Waals surface area contributed by atoms with E-state index in [0.29, 0.717) is 15.1 Å². The molecule has 0 amide bonds. The Hall–Kier alpha value is -1.26. The summed E-state index contributed by atoms with van der Waals surface area (Å²) in [5.74, 6) is 0. The number of nitrogens with zero attached hydrogens (tertiary/aromatic N) is 1. The monoisotopic (exact) mass is 383 g/mol. The number of rotatable bonds is 4. The van der Waals surface area contributed by atoms with Gasteiger partial charge in [0, 0.05) is 16.0 Å². The molecule has 0 saturated carbocycles. The van der Waals surface area contributed by atoms with Crippen LogP contribution in [0.5, 0.6) is 0 Å². The minimum Gasteiger partial charge on any atom is -0.230 e. The number of benzene rings is 2. The van der Waals surface area contributed by atoms with E-state index in [0.717, 1.165) is 28.6 Å². The number of aromatic nitrogens is 1. The molecule has 0 aliphatic carbocycles. The van der Waals surface area contributed by atoms with E-state index < -0.39 is 0 Å². The summed E-state index contributed by atoms with van der Waals surface area (Å²) >= 11 is 20.2. The van der Waals surface area contributed by atoms with Crippen molar-refractivity contribution in [2.75, 3.05) is 5.32 Å². The Labute approximate surface area is 154 Å². The van der Waals surface area contributed by atoms with Crippen LogP contribution in [0, 0.1) is 0 Å². The van der Waals surface area contributed by atoms with Crippen LogP contribution in [0.2, 0.25) is 15.1 Å². The van der Waals surface area contributed by atoms with Crippen molar-refractivity contribution in [1.82, 2.24) is 0 Å². The van der Waals surface area contributed by atoms with Crippen LogP contribution in [0.25, 0.3) is 11.3 Å². The molecular weight excluding hydrogens is 371 g/mol. The topological polar surface area (TPSA) is 15.9 Å². The average Bonchev–Trinajstić information content (AvgIpc) is 2.92. The quantitative estimate of drug-likeness (QED) is 0.513. The first-order chi connectivity index (χ1) is 11.1. The number of thiazole rings is 1. The Morgan fingerprint density at radius 3 is 2.52 bits per heavy atom. The second-order valence-corrected chi connectivity index (χ2v) is 7.01. The lowest BCUT2D eigenvalue weighted by molar-refractivity contribution is -0.664. The molecule has 3 rings (SSSR count). The van der Waals surface area contributed by atoms with E-state index in [2.05, 4.69) is 22.2 Å². The molecule has 0 aliphatic heterocycles. The van der Waals surface area contributed by atoms with Gasteiger partial charge < -0.3 is 0 Å². The van der Waals surface area contributed by atoms with E-state index in [1.54, 1.807) is 17.4 Å². The Bertz CT molecular complexity index is 846. The van der Waals surface area contributed by atoms with Crippen LogP contribution in [-0.4, -0.2) is 0 Å². The second-order valence-electron chi connectivity index (χ2n) is 4.90. The van der Waals surface area contributed by atoms with Crippen LogP contribution in [0.4, 0.5) is 10.8 Å². The van der Waals surface area contributed by atoms with Crippen molar-refractivity contribution in [2.24, 2.45) is 0 Å². The first-order valence-corrected chi connectivity index (χ1v) is 9.09. The van der Waals surface area contributed by atoms with E-state index in [-0.39, 0.29) is 0 Å². The number of halogens is 3. The molecule has 0 radical (unpaired) electrons. The Balaban J connectivity index is 2.02. The summed E-state index contributed by atoms with van der Waals surface area (Å²) in [6, 6.07) is 13.2. The molecule has 1 aromatic heterocycles. The van der Waals surface area contributed by atoms with Gasteiger partial charge in [-0.3, -0.25) is 0 Å². The standard InChI is InChI=1S/C17H13Cl3N2S/c1-2-22-16(12-8-7-11(18)9-14(12)20)10-23-17(22)21-15-6-4-3-5-13(15)19/h3-10H,2H2,1H3/p+1. The van der Waals surface area contributed by atoms with Gasteiger partial charge in [-0.1, -0.05) is 58.3 Å². The molecule has 0 atom stereocenters. The van der Waals surface area contributed by atoms with Gasteiger partial charge in [-0.15, -0.1) is 0 Å². The smallest absolute Gasteiger partial charge is 0.230 e. The third kappa shape index (κ3) is 3.48. The molecule has 0 spiro atoms. The maximum Gasteiger partial charge on any atom is 0.339 e. The lowest BCUT2D eigenvalue weighted by Gasteiger charge is -2.06. The molecule has 0 bridgehead atoms. The predicted octanol–water partition coefficient (Wildman–Crippen LogP) is 6.43. The van der Waals surface area contributed by atoms with Gasteiger partial charge in [0.15, 0.2) is 0 Å². The average molecular weight is 385 g/mol. The zero-order valence-electron chi connectivity index (χ0n) is 12.3. The molecule has 0 saturated heterocycles. The van der Waals surface area contributed by atoms with Crippen LogP contribution < -0.4 is 9.88 Å². The fraction of sp³-hybridized carbons (Fsp3) is 0.118. The molecule has 1 N–H and O–H groups in total. The lowest BCUT2D eigenvalue weighted by atomic mass is 10.1. The van der Waals surface area contributed by atoms with Crippen LogP contribution in [0.1, 0.15) is 6.92 Å². The van der Waals surface area contributed by atoms with E-state index in [1.165, 1.54) is 0 Å². The highest BCUT2D eigenvalue weighted by molar-refractivity contribution is 7.13. The maximum absolute atomic E-state index is 6.35. The van der Waals surface area contributed by atoms with Crippen molar-refractivity contribution in [1.29, 1.82) is 0 Å². The molecule has 2 aromatic carbocycles. The fourth-order valence-electron chi connectivity index (χ4n) is 2.34. The van der Waals surface area contributed by atoms with Crippen molar-refractivity contribution in [3.8, 4) is 11.3 Å². The Morgan fingerprint density at radius 2 is 1.83 bits per heavy atom. The predicted molar refractivity (Wildman–Crippen MR) is 100 cm³/mol. The zero-order chi connectivity index (χ0) is 16.4. The number of anilines is 2. The van der Waals surface area contributed by atoms with E-state index in [9.17, 15) is 0 Å². The van der Waals surface area contributed by atoms with Gasteiger partial charge in [0.05, 0.1) is 16.6 Å². The van der Waals surface area contributed by atoms with Gasteiger partial charge in [0.1, 0.15) is 11.4 Å². The summed E-state index contributed by atoms with van der Waals surface area (Å²) in [5, 5.41) is 8.44. The van der Waals surface area contributed by atoms with Crippen molar-refractivity contribution in [3.05, 3.63) is 62.9 Å². The molecule has 0 fully saturated rings. The van der Waals surface area contributed by atoms with Crippen LogP contribution >= 0.6 is 46.1 Å². The molecule has 3 aromatic rings. The Kier molecular flexibility index (Phi) is 5.12. The molecule has 2 nitrogen and oxygen atoms in total. The highest BCUT2D eigenvalue weighted by Crippen LogP contribution is 2.33. The molecule has 118 valence electrons. The minimum atomic E-state index is 0.631. The molecule has 23 heavy (non-hydrogen) atoms. The highest BCUT2D eigenvalue weighted by Gasteiger charge is 2.20. The number of hydrogen-bond acceptors (Lipinski definition) is 2. The number of hydrogen-bond donors (Lipinski definition) is 1. The van der Waals surface area contributed by atoms with Gasteiger partial charge in [-0.25, -0.2) is 9.88 Å². The molecule has 0 aliphatic rings. The first kappa shape index (κ1) is 16.6. The summed E-state index contributed by atoms with van der Waals surface area (Å²) < 4.78 is 2.17. The van der Waals surface area contributed by atoms with E-state index in [4.69, 9.17) is 34.8 Å². The third-order valence-corrected chi connectivity index (χ3v) is 5.22. The van der Waals surface area contributed by atoms with E-state index >= 15 is 0 Å². The van der Waals surface area contributed by atoms with Crippen LogP contribution in [-0.2, 0) is 6.54 Å². The Morgan fingerprint density at radius 1 is 1.04 bits per heavy atom.